The SMILES string of the molecule is O=C(Nc1cccc(C2OCCO2)c1)c1ccc(-n2cc[nH]c2=S)cc1. The molecule has 0 atom stereocenters. The van der Waals surface area contributed by atoms with Gasteiger partial charge in [0, 0.05) is 34.9 Å². The summed E-state index contributed by atoms with van der Waals surface area (Å²) in [5.74, 6) is -0.181. The highest BCUT2D eigenvalue weighted by Gasteiger charge is 2.18. The van der Waals surface area contributed by atoms with Crippen LogP contribution in [0.1, 0.15) is 22.2 Å². The Morgan fingerprint density at radius 1 is 1.15 bits per heavy atom. The van der Waals surface area contributed by atoms with Crippen molar-refractivity contribution in [1.82, 2.24) is 9.55 Å². The normalized spacial score (nSPS) is 14.5. The van der Waals surface area contributed by atoms with Crippen molar-refractivity contribution in [3.8, 4) is 5.69 Å². The minimum atomic E-state index is -0.364. The minimum absolute atomic E-state index is 0.181. The molecule has 3 aromatic rings. The number of aromatic amines is 1. The van der Waals surface area contributed by atoms with Crippen molar-refractivity contribution in [2.75, 3.05) is 18.5 Å². The molecule has 0 bridgehead atoms. The van der Waals surface area contributed by atoms with Crippen LogP contribution in [0.4, 0.5) is 5.69 Å². The molecular weight excluding hydrogens is 350 g/mol. The van der Waals surface area contributed by atoms with Crippen LogP contribution in [-0.2, 0) is 9.47 Å². The Labute approximate surface area is 155 Å². The van der Waals surface area contributed by atoms with Crippen LogP contribution < -0.4 is 5.32 Å². The molecule has 0 spiro atoms. The number of benzene rings is 2. The molecule has 2 aromatic carbocycles. The van der Waals surface area contributed by atoms with Gasteiger partial charge in [-0.3, -0.25) is 9.36 Å². The third kappa shape index (κ3) is 3.45. The zero-order valence-corrected chi connectivity index (χ0v) is 14.7. The Bertz CT molecular complexity index is 972. The highest BCUT2D eigenvalue weighted by atomic mass is 32.1. The standard InChI is InChI=1S/C19H17N3O3S/c23-17(13-4-6-16(7-5-13)22-9-8-20-19(22)26)21-15-3-1-2-14(12-15)18-24-10-11-25-18/h1-9,12,18H,10-11H2,(H,20,26)(H,21,23). The molecule has 4 rings (SSSR count). The van der Waals surface area contributed by atoms with E-state index in [2.05, 4.69) is 10.3 Å². The lowest BCUT2D eigenvalue weighted by atomic mass is 10.1. The van der Waals surface area contributed by atoms with E-state index in [0.717, 1.165) is 11.3 Å². The summed E-state index contributed by atoms with van der Waals surface area (Å²) in [7, 11) is 0. The molecule has 0 radical (unpaired) electrons. The molecule has 0 saturated carbocycles. The van der Waals surface area contributed by atoms with Gasteiger partial charge in [0.05, 0.1) is 13.2 Å². The highest BCUT2D eigenvalue weighted by molar-refractivity contribution is 7.71. The molecule has 1 saturated heterocycles. The van der Waals surface area contributed by atoms with E-state index in [0.29, 0.717) is 29.2 Å². The Morgan fingerprint density at radius 2 is 1.92 bits per heavy atom. The van der Waals surface area contributed by atoms with Crippen LogP contribution in [0.3, 0.4) is 0 Å². The van der Waals surface area contributed by atoms with E-state index >= 15 is 0 Å². The fraction of sp³-hybridized carbons (Fsp3) is 0.158. The number of H-pyrrole nitrogens is 1. The second-order valence-electron chi connectivity index (χ2n) is 5.84. The second-order valence-corrected chi connectivity index (χ2v) is 6.22. The first-order valence-corrected chi connectivity index (χ1v) is 8.62. The predicted octanol–water partition coefficient (Wildman–Crippen LogP) is 3.83. The first kappa shape index (κ1) is 16.7. The fourth-order valence-electron chi connectivity index (χ4n) is 2.81. The van der Waals surface area contributed by atoms with Gasteiger partial charge in [-0.2, -0.15) is 0 Å². The molecule has 132 valence electrons. The number of carbonyl (C=O) groups is 1. The molecule has 1 aliphatic heterocycles. The molecule has 2 N–H and O–H groups in total. The fourth-order valence-corrected chi connectivity index (χ4v) is 3.05. The summed E-state index contributed by atoms with van der Waals surface area (Å²) in [4.78, 5) is 15.4. The summed E-state index contributed by atoms with van der Waals surface area (Å²) in [6.07, 6.45) is 3.25. The van der Waals surface area contributed by atoms with E-state index in [4.69, 9.17) is 21.7 Å². The summed E-state index contributed by atoms with van der Waals surface area (Å²) < 4.78 is 13.4. The van der Waals surface area contributed by atoms with E-state index < -0.39 is 0 Å². The van der Waals surface area contributed by atoms with E-state index in [9.17, 15) is 4.79 Å². The Kier molecular flexibility index (Phi) is 4.66. The van der Waals surface area contributed by atoms with Gasteiger partial charge in [0.2, 0.25) is 0 Å². The first-order valence-electron chi connectivity index (χ1n) is 8.22. The Morgan fingerprint density at radius 3 is 2.62 bits per heavy atom. The number of ether oxygens (including phenoxy) is 2. The van der Waals surface area contributed by atoms with Gasteiger partial charge in [0.25, 0.3) is 5.91 Å². The summed E-state index contributed by atoms with van der Waals surface area (Å²) in [5.41, 5.74) is 3.04. The Balaban J connectivity index is 1.49. The van der Waals surface area contributed by atoms with Gasteiger partial charge in [-0.05, 0) is 48.6 Å². The van der Waals surface area contributed by atoms with Gasteiger partial charge in [-0.25, -0.2) is 0 Å². The van der Waals surface area contributed by atoms with Crippen molar-refractivity contribution in [2.24, 2.45) is 0 Å². The summed E-state index contributed by atoms with van der Waals surface area (Å²) in [6.45, 7) is 1.16. The van der Waals surface area contributed by atoms with E-state index in [1.165, 1.54) is 0 Å². The van der Waals surface area contributed by atoms with Crippen molar-refractivity contribution >= 4 is 23.8 Å². The van der Waals surface area contributed by atoms with Crippen molar-refractivity contribution in [2.45, 2.75) is 6.29 Å². The van der Waals surface area contributed by atoms with Crippen LogP contribution in [0.5, 0.6) is 0 Å². The molecule has 1 fully saturated rings. The van der Waals surface area contributed by atoms with Crippen molar-refractivity contribution < 1.29 is 14.3 Å². The minimum Gasteiger partial charge on any atom is -0.346 e. The quantitative estimate of drug-likeness (QED) is 0.688. The average Bonchev–Trinajstić information content (AvgIpc) is 3.34. The monoisotopic (exact) mass is 367 g/mol. The highest BCUT2D eigenvalue weighted by Crippen LogP contribution is 2.25. The second kappa shape index (κ2) is 7.25. The molecule has 2 heterocycles. The van der Waals surface area contributed by atoms with Gasteiger partial charge in [-0.15, -0.1) is 0 Å². The van der Waals surface area contributed by atoms with E-state index in [1.807, 2.05) is 47.2 Å². The van der Waals surface area contributed by atoms with Gasteiger partial charge in [-0.1, -0.05) is 12.1 Å². The smallest absolute Gasteiger partial charge is 0.255 e. The van der Waals surface area contributed by atoms with E-state index in [-0.39, 0.29) is 12.2 Å². The lowest BCUT2D eigenvalue weighted by molar-refractivity contribution is -0.0440. The van der Waals surface area contributed by atoms with Crippen LogP contribution in [-0.4, -0.2) is 28.7 Å². The molecule has 0 aliphatic carbocycles. The first-order chi connectivity index (χ1) is 12.7. The van der Waals surface area contributed by atoms with Gasteiger partial charge < -0.3 is 19.8 Å². The third-order valence-corrected chi connectivity index (χ3v) is 4.41. The molecule has 1 aromatic heterocycles. The Hall–Kier alpha value is -2.74. The average molecular weight is 367 g/mol. The predicted molar refractivity (Wildman–Crippen MR) is 100.0 cm³/mol. The van der Waals surface area contributed by atoms with Crippen LogP contribution >= 0.6 is 12.2 Å². The van der Waals surface area contributed by atoms with Crippen LogP contribution in [0, 0.1) is 4.77 Å². The maximum absolute atomic E-state index is 12.5. The molecule has 0 unspecified atom stereocenters. The molecule has 26 heavy (non-hydrogen) atoms. The number of hydrogen-bond acceptors (Lipinski definition) is 4. The number of nitrogens with zero attached hydrogens (tertiary/aromatic N) is 1. The van der Waals surface area contributed by atoms with E-state index in [1.54, 1.807) is 18.3 Å². The van der Waals surface area contributed by atoms with Crippen LogP contribution in [0.2, 0.25) is 0 Å². The summed E-state index contributed by atoms with van der Waals surface area (Å²) in [5, 5.41) is 2.90. The number of anilines is 1. The topological polar surface area (TPSA) is 68.3 Å². The number of imidazole rings is 1. The number of nitrogens with one attached hydrogen (secondary N) is 2. The third-order valence-electron chi connectivity index (χ3n) is 4.10. The number of hydrogen-bond donors (Lipinski definition) is 2. The number of rotatable bonds is 4. The number of aromatic nitrogens is 2. The van der Waals surface area contributed by atoms with Gasteiger partial charge in [0.15, 0.2) is 11.1 Å². The zero-order valence-electron chi connectivity index (χ0n) is 13.8. The molecule has 1 aliphatic rings. The lowest BCUT2D eigenvalue weighted by Crippen LogP contribution is -2.12. The maximum atomic E-state index is 12.5. The van der Waals surface area contributed by atoms with Gasteiger partial charge >= 0.3 is 0 Å². The molecule has 1 amide bonds. The number of amides is 1. The van der Waals surface area contributed by atoms with Crippen molar-refractivity contribution in [3.05, 3.63) is 76.8 Å². The molecular formula is C19H17N3O3S. The van der Waals surface area contributed by atoms with Crippen LogP contribution in [0.15, 0.2) is 60.9 Å². The molecule has 6 nitrogen and oxygen atoms in total. The van der Waals surface area contributed by atoms with Crippen molar-refractivity contribution in [1.29, 1.82) is 0 Å². The largest absolute Gasteiger partial charge is 0.346 e. The summed E-state index contributed by atoms with van der Waals surface area (Å²) >= 11 is 5.20. The molecule has 7 heteroatoms. The number of carbonyl (C=O) groups excluding carboxylic acids is 1. The van der Waals surface area contributed by atoms with Crippen molar-refractivity contribution in [3.63, 3.8) is 0 Å². The van der Waals surface area contributed by atoms with Gasteiger partial charge in [0.1, 0.15) is 0 Å². The summed E-state index contributed by atoms with van der Waals surface area (Å²) in [6, 6.07) is 14.7. The van der Waals surface area contributed by atoms with Crippen LogP contribution in [0.25, 0.3) is 5.69 Å². The maximum Gasteiger partial charge on any atom is 0.255 e. The zero-order chi connectivity index (χ0) is 17.9. The lowest BCUT2D eigenvalue weighted by Gasteiger charge is -2.12.